The Hall–Kier alpha value is -2.20. The van der Waals surface area contributed by atoms with Crippen LogP contribution in [0.2, 0.25) is 0 Å². The van der Waals surface area contributed by atoms with Crippen molar-refractivity contribution >= 4 is 0 Å². The first-order valence-corrected chi connectivity index (χ1v) is 29.3. The predicted octanol–water partition coefficient (Wildman–Crippen LogP) is 5.83. The fraction of sp³-hybridized carbons (Fsp3) is 0.800. The smallest absolute Gasteiger partial charge is 0.171 e. The minimum absolute atomic E-state index is 0.0983. The molecule has 76 heavy (non-hydrogen) atoms. The molecule has 0 aromatic heterocycles. The zero-order valence-electron chi connectivity index (χ0n) is 44.9. The molecule has 31 atom stereocenters. The molecule has 9 saturated heterocycles. The molecular formula is C60H84O16. The van der Waals surface area contributed by atoms with Crippen molar-refractivity contribution in [3.63, 3.8) is 0 Å². The van der Waals surface area contributed by atoms with Crippen LogP contribution in [-0.4, -0.2) is 186 Å². The van der Waals surface area contributed by atoms with Gasteiger partial charge in [0.25, 0.3) is 0 Å². The largest absolute Gasteiger partial charge is 0.390 e. The monoisotopic (exact) mass is 1060 g/mol. The summed E-state index contributed by atoms with van der Waals surface area (Å²) < 4.78 is 89.5. The topological polar surface area (TPSA) is 181 Å². The first kappa shape index (κ1) is 53.1. The van der Waals surface area contributed by atoms with Gasteiger partial charge in [-0.05, 0) is 57.3 Å². The van der Waals surface area contributed by atoms with Gasteiger partial charge < -0.3 is 76.9 Å². The van der Waals surface area contributed by atoms with Crippen LogP contribution in [0.4, 0.5) is 0 Å². The van der Waals surface area contributed by atoms with Gasteiger partial charge in [0, 0.05) is 43.9 Å². The van der Waals surface area contributed by atoms with Gasteiger partial charge in [-0.25, -0.2) is 0 Å². The second kappa shape index (κ2) is 21.3. The molecule has 0 amide bonds. The summed E-state index contributed by atoms with van der Waals surface area (Å²) in [5.41, 5.74) is -1.01. The molecule has 9 fully saturated rings. The molecular weight excluding hydrogens is 977 g/mol. The highest BCUT2D eigenvalue weighted by Gasteiger charge is 2.62. The number of ether oxygens (including phenoxy) is 13. The Balaban J connectivity index is 0.686. The van der Waals surface area contributed by atoms with Crippen LogP contribution in [0.25, 0.3) is 0 Å². The molecule has 31 unspecified atom stereocenters. The van der Waals surface area contributed by atoms with Crippen LogP contribution in [0.3, 0.4) is 0 Å². The molecule has 0 radical (unpaired) electrons. The first-order valence-electron chi connectivity index (χ1n) is 29.3. The number of aliphatic hydroxyl groups excluding tert-OH is 3. The minimum Gasteiger partial charge on any atom is -0.390 e. The Bertz CT molecular complexity index is 2230. The average Bonchev–Trinajstić information content (AvgIpc) is 3.63. The van der Waals surface area contributed by atoms with Crippen LogP contribution in [0.5, 0.6) is 0 Å². The fourth-order valence-corrected chi connectivity index (χ4v) is 15.8. The molecule has 420 valence electrons. The highest BCUT2D eigenvalue weighted by Crippen LogP contribution is 2.52. The number of allylic oxidation sites excluding steroid dienone is 2. The Morgan fingerprint density at radius 2 is 1.13 bits per heavy atom. The summed E-state index contributed by atoms with van der Waals surface area (Å²) in [7, 11) is 0. The fourth-order valence-electron chi connectivity index (χ4n) is 15.8. The Morgan fingerprint density at radius 3 is 1.92 bits per heavy atom. The van der Waals surface area contributed by atoms with Crippen molar-refractivity contribution < 1.29 is 76.9 Å². The third-order valence-electron chi connectivity index (χ3n) is 20.3. The first-order chi connectivity index (χ1) is 36.8. The van der Waals surface area contributed by atoms with Crippen LogP contribution < -0.4 is 0 Å². The molecule has 0 aromatic rings. The van der Waals surface area contributed by atoms with Crippen LogP contribution in [0.15, 0.2) is 73.4 Å². The summed E-state index contributed by atoms with van der Waals surface area (Å²) in [5.74, 6) is -0.482. The molecule has 0 saturated carbocycles. The number of hydrogen-bond donors (Lipinski definition) is 3. The third kappa shape index (κ3) is 9.58. The maximum atomic E-state index is 12.4. The van der Waals surface area contributed by atoms with Crippen LogP contribution in [0, 0.1) is 23.7 Å². The highest BCUT2D eigenvalue weighted by molar-refractivity contribution is 5.18. The summed E-state index contributed by atoms with van der Waals surface area (Å²) in [5, 5.41) is 36.2. The summed E-state index contributed by atoms with van der Waals surface area (Å²) in [6.45, 7) is 15.2. The standard InChI is InChI=1S/C60H84O16/c1-7-8-13-34-14-11-17-41-56(65-34)53(63)57-49(69-41)26-43-40(72-57)21-20-38-39(67-43)19-18-37-35(66-38)15-9-10-16-36-45(68-37)28-50(61)59(6)51(71-36)29-46-47(75-59)25-30(2)24-42-44(70-46)27-48-54(73-42)32(4)52(62)58-55(74-48)31(3)33(5)60(76-58)22-12-23-64-60/h7-11,13-14,18-21,30-58,61-63H,1,12,15-17,22-29H2,2-6H3/b10-9?,13-8-. The van der Waals surface area contributed by atoms with E-state index in [1.807, 2.05) is 37.3 Å². The van der Waals surface area contributed by atoms with Crippen LogP contribution in [0.1, 0.15) is 105 Å². The van der Waals surface area contributed by atoms with Crippen molar-refractivity contribution in [3.05, 3.63) is 73.4 Å². The van der Waals surface area contributed by atoms with E-state index in [0.717, 1.165) is 25.7 Å². The number of hydrogen-bond acceptors (Lipinski definition) is 16. The zero-order chi connectivity index (χ0) is 52.2. The molecule has 13 rings (SSSR count). The third-order valence-corrected chi connectivity index (χ3v) is 20.3. The number of fused-ring (bicyclic) bond motifs is 11. The van der Waals surface area contributed by atoms with Crippen molar-refractivity contribution in [3.8, 4) is 0 Å². The summed E-state index contributed by atoms with van der Waals surface area (Å²) >= 11 is 0. The lowest BCUT2D eigenvalue weighted by atomic mass is 9.76. The van der Waals surface area contributed by atoms with Crippen molar-refractivity contribution in [2.75, 3.05) is 6.61 Å². The molecule has 13 heterocycles. The summed E-state index contributed by atoms with van der Waals surface area (Å²) in [6, 6.07) is 0. The lowest BCUT2D eigenvalue weighted by molar-refractivity contribution is -0.339. The van der Waals surface area contributed by atoms with Crippen molar-refractivity contribution in [2.24, 2.45) is 23.7 Å². The predicted molar refractivity (Wildman–Crippen MR) is 275 cm³/mol. The molecule has 16 heteroatoms. The van der Waals surface area contributed by atoms with Gasteiger partial charge >= 0.3 is 0 Å². The molecule has 1 spiro atoms. The van der Waals surface area contributed by atoms with Gasteiger partial charge in [-0.1, -0.05) is 101 Å². The molecule has 0 bridgehead atoms. The number of rotatable bonds is 2. The SMILES string of the molecule is C=C/C=C\C1C=CCC2OC3CC4OC5C=CC6OC7CC(O)C8(C)OC9CC(C)CC%10OC%11C(CC%10OC9CC8OC7CC=CCC6OC5C=CC4OC3C(O)C2O1)OC1C(C)C(C)C2(CCCO2)OC1C(O)C%11C. The lowest BCUT2D eigenvalue weighted by Gasteiger charge is -2.53. The van der Waals surface area contributed by atoms with Gasteiger partial charge in [0.1, 0.15) is 54.4 Å². The molecule has 13 aliphatic rings. The van der Waals surface area contributed by atoms with Gasteiger partial charge in [-0.2, -0.15) is 0 Å². The second-order valence-corrected chi connectivity index (χ2v) is 25.1. The second-order valence-electron chi connectivity index (χ2n) is 25.1. The van der Waals surface area contributed by atoms with E-state index in [-0.39, 0.29) is 103 Å². The van der Waals surface area contributed by atoms with E-state index in [0.29, 0.717) is 51.6 Å². The molecule has 0 aromatic carbocycles. The van der Waals surface area contributed by atoms with Crippen LogP contribution >= 0.6 is 0 Å². The normalized spacial score (nSPS) is 56.7. The van der Waals surface area contributed by atoms with E-state index in [1.165, 1.54) is 0 Å². The molecule has 0 aliphatic carbocycles. The van der Waals surface area contributed by atoms with Crippen molar-refractivity contribution in [2.45, 2.75) is 269 Å². The zero-order valence-corrected chi connectivity index (χ0v) is 44.9. The lowest BCUT2D eigenvalue weighted by Crippen LogP contribution is -2.63. The van der Waals surface area contributed by atoms with Gasteiger partial charge in [-0.15, -0.1) is 0 Å². The van der Waals surface area contributed by atoms with Gasteiger partial charge in [0.15, 0.2) is 5.79 Å². The quantitative estimate of drug-likeness (QED) is 0.222. The van der Waals surface area contributed by atoms with E-state index in [2.05, 4.69) is 64.7 Å². The van der Waals surface area contributed by atoms with E-state index in [9.17, 15) is 15.3 Å². The highest BCUT2D eigenvalue weighted by atomic mass is 16.7. The van der Waals surface area contributed by atoms with Gasteiger partial charge in [-0.3, -0.25) is 0 Å². The Morgan fingerprint density at radius 1 is 0.500 bits per heavy atom. The van der Waals surface area contributed by atoms with Gasteiger partial charge in [0.05, 0.1) is 110 Å². The maximum Gasteiger partial charge on any atom is 0.171 e. The summed E-state index contributed by atoms with van der Waals surface area (Å²) in [4.78, 5) is 0. The van der Waals surface area contributed by atoms with E-state index >= 15 is 0 Å². The van der Waals surface area contributed by atoms with Crippen molar-refractivity contribution in [1.82, 2.24) is 0 Å². The Labute approximate surface area is 448 Å². The molecule has 16 nitrogen and oxygen atoms in total. The molecule has 13 aliphatic heterocycles. The van der Waals surface area contributed by atoms with E-state index < -0.39 is 84.6 Å². The Kier molecular flexibility index (Phi) is 14.9. The summed E-state index contributed by atoms with van der Waals surface area (Å²) in [6.07, 6.45) is 18.3. The van der Waals surface area contributed by atoms with E-state index in [4.69, 9.17) is 61.6 Å². The van der Waals surface area contributed by atoms with E-state index in [1.54, 1.807) is 6.08 Å². The maximum absolute atomic E-state index is 12.4. The van der Waals surface area contributed by atoms with Gasteiger partial charge in [0.2, 0.25) is 0 Å². The minimum atomic E-state index is -1.01. The average molecular weight is 1060 g/mol. The number of aliphatic hydroxyl groups is 3. The van der Waals surface area contributed by atoms with Crippen molar-refractivity contribution in [1.29, 1.82) is 0 Å². The molecule has 3 N–H and O–H groups in total. The van der Waals surface area contributed by atoms with Crippen LogP contribution in [-0.2, 0) is 61.6 Å².